The highest BCUT2D eigenvalue weighted by molar-refractivity contribution is 6.35. The Balaban J connectivity index is 2.69. The molecular weight excluding hydrogens is 274 g/mol. The number of hydrogen-bond donors (Lipinski definition) is 2. The molecule has 0 aromatic heterocycles. The smallest absolute Gasteiger partial charge is 0.329 e. The lowest BCUT2D eigenvalue weighted by Gasteiger charge is -2.07. The van der Waals surface area contributed by atoms with Crippen molar-refractivity contribution in [3.05, 3.63) is 23.8 Å². The summed E-state index contributed by atoms with van der Waals surface area (Å²) in [4.78, 5) is 22.8. The highest BCUT2D eigenvalue weighted by atomic mass is 16.5. The van der Waals surface area contributed by atoms with Crippen molar-refractivity contribution in [2.75, 3.05) is 14.2 Å². The van der Waals surface area contributed by atoms with Gasteiger partial charge in [0, 0.05) is 17.7 Å². The largest absolute Gasteiger partial charge is 0.497 e. The summed E-state index contributed by atoms with van der Waals surface area (Å²) in [5.74, 6) is -0.375. The van der Waals surface area contributed by atoms with Crippen LogP contribution >= 0.6 is 0 Å². The second kappa shape index (κ2) is 7.88. The molecule has 7 nitrogen and oxygen atoms in total. The molecule has 0 saturated carbocycles. The summed E-state index contributed by atoms with van der Waals surface area (Å²) in [5.41, 5.74) is 2.79. The van der Waals surface area contributed by atoms with Gasteiger partial charge in [0.1, 0.15) is 11.5 Å². The zero-order valence-corrected chi connectivity index (χ0v) is 12.5. The van der Waals surface area contributed by atoms with Gasteiger partial charge in [-0.15, -0.1) is 0 Å². The van der Waals surface area contributed by atoms with Gasteiger partial charge < -0.3 is 14.8 Å². The average Bonchev–Trinajstić information content (AvgIpc) is 2.46. The molecule has 0 fully saturated rings. The number of ether oxygens (including phenoxy) is 2. The fourth-order valence-electron chi connectivity index (χ4n) is 1.46. The van der Waals surface area contributed by atoms with Crippen LogP contribution in [0.25, 0.3) is 0 Å². The van der Waals surface area contributed by atoms with Crippen LogP contribution in [-0.2, 0) is 9.59 Å². The van der Waals surface area contributed by atoms with Crippen LogP contribution in [0.2, 0.25) is 0 Å². The molecule has 0 aliphatic carbocycles. The monoisotopic (exact) mass is 293 g/mol. The molecule has 114 valence electrons. The van der Waals surface area contributed by atoms with E-state index in [-0.39, 0.29) is 6.04 Å². The van der Waals surface area contributed by atoms with E-state index >= 15 is 0 Å². The Morgan fingerprint density at radius 2 is 1.90 bits per heavy atom. The van der Waals surface area contributed by atoms with Crippen molar-refractivity contribution in [3.63, 3.8) is 0 Å². The zero-order chi connectivity index (χ0) is 15.8. The highest BCUT2D eigenvalue weighted by Gasteiger charge is 2.13. The molecule has 0 atom stereocenters. The minimum absolute atomic E-state index is 0.117. The molecule has 0 bridgehead atoms. The molecule has 0 radical (unpaired) electrons. The van der Waals surface area contributed by atoms with Crippen LogP contribution in [0.4, 0.5) is 0 Å². The Bertz CT molecular complexity index is 541. The van der Waals surface area contributed by atoms with Crippen LogP contribution in [0.15, 0.2) is 23.3 Å². The molecule has 2 amide bonds. The van der Waals surface area contributed by atoms with Gasteiger partial charge in [0.25, 0.3) is 0 Å². The van der Waals surface area contributed by atoms with Crippen molar-refractivity contribution < 1.29 is 19.1 Å². The first-order valence-electron chi connectivity index (χ1n) is 6.33. The predicted molar refractivity (Wildman–Crippen MR) is 78.6 cm³/mol. The number of methoxy groups -OCH3 is 2. The average molecular weight is 293 g/mol. The minimum atomic E-state index is -0.826. The van der Waals surface area contributed by atoms with Gasteiger partial charge in [-0.25, -0.2) is 5.43 Å². The van der Waals surface area contributed by atoms with Crippen LogP contribution in [0.5, 0.6) is 11.5 Å². The van der Waals surface area contributed by atoms with Crippen LogP contribution in [0.3, 0.4) is 0 Å². The molecule has 2 N–H and O–H groups in total. The molecule has 21 heavy (non-hydrogen) atoms. The number of amides is 2. The van der Waals surface area contributed by atoms with Crippen molar-refractivity contribution in [2.45, 2.75) is 19.9 Å². The van der Waals surface area contributed by atoms with Gasteiger partial charge in [0.05, 0.1) is 20.4 Å². The zero-order valence-electron chi connectivity index (χ0n) is 12.5. The first-order valence-corrected chi connectivity index (χ1v) is 6.33. The Hall–Kier alpha value is -2.57. The Morgan fingerprint density at radius 3 is 2.48 bits per heavy atom. The molecular formula is C14H19N3O4. The predicted octanol–water partition coefficient (Wildman–Crippen LogP) is 0.678. The van der Waals surface area contributed by atoms with Crippen LogP contribution < -0.4 is 20.2 Å². The maximum absolute atomic E-state index is 11.4. The first kappa shape index (κ1) is 16.5. The molecule has 0 saturated heterocycles. The van der Waals surface area contributed by atoms with Crippen molar-refractivity contribution in [3.8, 4) is 11.5 Å². The molecule has 1 aromatic carbocycles. The van der Waals surface area contributed by atoms with Crippen molar-refractivity contribution >= 4 is 18.0 Å². The number of nitrogens with one attached hydrogen (secondary N) is 2. The Kier molecular flexibility index (Phi) is 6.19. The van der Waals surface area contributed by atoms with E-state index in [1.165, 1.54) is 13.3 Å². The lowest BCUT2D eigenvalue weighted by atomic mass is 10.2. The summed E-state index contributed by atoms with van der Waals surface area (Å²) in [6, 6.07) is 5.03. The summed E-state index contributed by atoms with van der Waals surface area (Å²) in [6.45, 7) is 3.52. The fraction of sp³-hybridized carbons (Fsp3) is 0.357. The number of rotatable bonds is 5. The Labute approximate surface area is 123 Å². The number of hydrogen-bond acceptors (Lipinski definition) is 5. The van der Waals surface area contributed by atoms with Crippen LogP contribution in [-0.4, -0.2) is 38.3 Å². The lowest BCUT2D eigenvalue weighted by molar-refractivity contribution is -0.139. The van der Waals surface area contributed by atoms with Gasteiger partial charge >= 0.3 is 11.8 Å². The van der Waals surface area contributed by atoms with Crippen LogP contribution in [0, 0.1) is 0 Å². The fourth-order valence-corrected chi connectivity index (χ4v) is 1.46. The topological polar surface area (TPSA) is 89.0 Å². The number of hydrazone groups is 1. The van der Waals surface area contributed by atoms with E-state index in [1.54, 1.807) is 39.2 Å². The SMILES string of the molecule is COc1ccc(/C=N\NC(=O)C(=O)NC(C)C)c(OC)c1. The maximum atomic E-state index is 11.4. The molecule has 0 aliphatic rings. The Morgan fingerprint density at radius 1 is 1.19 bits per heavy atom. The van der Waals surface area contributed by atoms with E-state index in [0.29, 0.717) is 17.1 Å². The molecule has 0 spiro atoms. The summed E-state index contributed by atoms with van der Waals surface area (Å²) in [6.07, 6.45) is 1.39. The summed E-state index contributed by atoms with van der Waals surface area (Å²) in [7, 11) is 3.07. The van der Waals surface area contributed by atoms with E-state index in [4.69, 9.17) is 9.47 Å². The summed E-state index contributed by atoms with van der Waals surface area (Å²) >= 11 is 0. The second-order valence-electron chi connectivity index (χ2n) is 4.44. The summed E-state index contributed by atoms with van der Waals surface area (Å²) < 4.78 is 10.3. The molecule has 0 unspecified atom stereocenters. The third-order valence-electron chi connectivity index (χ3n) is 2.44. The van der Waals surface area contributed by atoms with Crippen LogP contribution in [0.1, 0.15) is 19.4 Å². The summed E-state index contributed by atoms with van der Waals surface area (Å²) in [5, 5.41) is 6.19. The number of nitrogens with zero attached hydrogens (tertiary/aromatic N) is 1. The highest BCUT2D eigenvalue weighted by Crippen LogP contribution is 2.22. The van der Waals surface area contributed by atoms with Crippen molar-refractivity contribution in [1.29, 1.82) is 0 Å². The van der Waals surface area contributed by atoms with E-state index in [9.17, 15) is 9.59 Å². The third-order valence-corrected chi connectivity index (χ3v) is 2.44. The lowest BCUT2D eigenvalue weighted by Crippen LogP contribution is -2.41. The normalized spacial score (nSPS) is 10.5. The molecule has 7 heteroatoms. The van der Waals surface area contributed by atoms with E-state index in [1.807, 2.05) is 0 Å². The molecule has 1 rings (SSSR count). The van der Waals surface area contributed by atoms with Crippen molar-refractivity contribution in [1.82, 2.24) is 10.7 Å². The van der Waals surface area contributed by atoms with Gasteiger partial charge in [-0.2, -0.15) is 5.10 Å². The number of carbonyl (C=O) groups is 2. The molecule has 0 aliphatic heterocycles. The third kappa shape index (κ3) is 5.13. The van der Waals surface area contributed by atoms with E-state index in [0.717, 1.165) is 0 Å². The molecule has 0 heterocycles. The number of carbonyl (C=O) groups excluding carboxylic acids is 2. The minimum Gasteiger partial charge on any atom is -0.497 e. The number of benzene rings is 1. The molecule has 1 aromatic rings. The van der Waals surface area contributed by atoms with Gasteiger partial charge in [-0.3, -0.25) is 9.59 Å². The van der Waals surface area contributed by atoms with Gasteiger partial charge in [-0.05, 0) is 26.0 Å². The standard InChI is InChI=1S/C14H19N3O4/c1-9(2)16-13(18)14(19)17-15-8-10-5-6-11(20-3)7-12(10)21-4/h5-9H,1-4H3,(H,16,18)(H,17,19)/b15-8-. The second-order valence-corrected chi connectivity index (χ2v) is 4.44. The quantitative estimate of drug-likeness (QED) is 0.474. The van der Waals surface area contributed by atoms with Gasteiger partial charge in [-0.1, -0.05) is 0 Å². The van der Waals surface area contributed by atoms with Crippen molar-refractivity contribution in [2.24, 2.45) is 5.10 Å². The van der Waals surface area contributed by atoms with Gasteiger partial charge in [0.15, 0.2) is 0 Å². The van der Waals surface area contributed by atoms with E-state index in [2.05, 4.69) is 15.8 Å². The van der Waals surface area contributed by atoms with E-state index < -0.39 is 11.8 Å². The maximum Gasteiger partial charge on any atom is 0.329 e. The van der Waals surface area contributed by atoms with Gasteiger partial charge in [0.2, 0.25) is 0 Å². The first-order chi connectivity index (χ1) is 9.97.